The molecule has 0 atom stereocenters. The molecule has 0 spiro atoms. The molecular weight excluding hydrogens is 348 g/mol. The molecule has 0 aliphatic carbocycles. The summed E-state index contributed by atoms with van der Waals surface area (Å²) in [4.78, 5) is 32.5. The van der Waals surface area contributed by atoms with Crippen molar-refractivity contribution in [3.8, 4) is 0 Å². The van der Waals surface area contributed by atoms with Gasteiger partial charge in [0.15, 0.2) is 5.11 Å². The molecule has 1 amide bonds. The maximum Gasteiger partial charge on any atom is 0.271 e. The number of carbonyl (C=O) groups excluding carboxylic acids is 1. The second-order valence-corrected chi connectivity index (χ2v) is 5.38. The van der Waals surface area contributed by atoms with E-state index >= 15 is 0 Å². The number of hydrogen-bond acceptors (Lipinski definition) is 6. The van der Waals surface area contributed by atoms with Gasteiger partial charge in [-0.1, -0.05) is 12.1 Å². The smallest absolute Gasteiger partial charge is 0.271 e. The Balaban J connectivity index is 2.11. The molecule has 2 N–H and O–H groups in total. The summed E-state index contributed by atoms with van der Waals surface area (Å²) in [6.45, 7) is 1.72. The summed E-state index contributed by atoms with van der Waals surface area (Å²) in [5, 5.41) is 26.6. The van der Waals surface area contributed by atoms with Crippen molar-refractivity contribution in [1.29, 1.82) is 0 Å². The lowest BCUT2D eigenvalue weighted by Crippen LogP contribution is -2.34. The Bertz CT molecular complexity index is 884. The van der Waals surface area contributed by atoms with Gasteiger partial charge in [0.25, 0.3) is 17.3 Å². The van der Waals surface area contributed by atoms with Gasteiger partial charge in [0.2, 0.25) is 0 Å². The monoisotopic (exact) mass is 360 g/mol. The van der Waals surface area contributed by atoms with Crippen LogP contribution in [0.15, 0.2) is 42.5 Å². The van der Waals surface area contributed by atoms with Crippen molar-refractivity contribution >= 4 is 40.3 Å². The van der Waals surface area contributed by atoms with Crippen LogP contribution in [0.3, 0.4) is 0 Å². The zero-order valence-corrected chi connectivity index (χ0v) is 13.7. The number of nitrogens with one attached hydrogen (secondary N) is 2. The van der Waals surface area contributed by atoms with Crippen LogP contribution in [-0.4, -0.2) is 20.9 Å². The van der Waals surface area contributed by atoms with E-state index in [1.54, 1.807) is 13.0 Å². The van der Waals surface area contributed by atoms with Gasteiger partial charge in [-0.3, -0.25) is 30.3 Å². The highest BCUT2D eigenvalue weighted by atomic mass is 32.1. The van der Waals surface area contributed by atoms with Crippen LogP contribution < -0.4 is 10.6 Å². The maximum absolute atomic E-state index is 12.1. The zero-order valence-electron chi connectivity index (χ0n) is 12.9. The Morgan fingerprint density at radius 2 is 1.68 bits per heavy atom. The van der Waals surface area contributed by atoms with Gasteiger partial charge < -0.3 is 5.32 Å². The van der Waals surface area contributed by atoms with Gasteiger partial charge in [-0.25, -0.2) is 0 Å². The first kappa shape index (κ1) is 17.9. The summed E-state index contributed by atoms with van der Waals surface area (Å²) in [6.07, 6.45) is 0. The zero-order chi connectivity index (χ0) is 18.6. The molecule has 2 aromatic rings. The molecule has 0 heterocycles. The first-order chi connectivity index (χ1) is 11.8. The highest BCUT2D eigenvalue weighted by molar-refractivity contribution is 7.80. The van der Waals surface area contributed by atoms with Gasteiger partial charge in [-0.2, -0.15) is 0 Å². The third-order valence-electron chi connectivity index (χ3n) is 3.23. The number of nitro benzene ring substituents is 2. The Labute approximate surface area is 147 Å². The van der Waals surface area contributed by atoms with Crippen molar-refractivity contribution in [2.45, 2.75) is 6.92 Å². The third kappa shape index (κ3) is 4.54. The number of nitro groups is 2. The largest absolute Gasteiger partial charge is 0.332 e. The number of benzene rings is 2. The van der Waals surface area contributed by atoms with E-state index in [1.165, 1.54) is 30.3 Å². The number of hydrogen-bond donors (Lipinski definition) is 2. The van der Waals surface area contributed by atoms with Gasteiger partial charge in [0.05, 0.1) is 9.85 Å². The summed E-state index contributed by atoms with van der Waals surface area (Å²) in [6, 6.07) is 9.37. The number of amides is 1. The Morgan fingerprint density at radius 3 is 2.32 bits per heavy atom. The number of non-ortho nitro benzene ring substituents is 2. The molecule has 0 aliphatic rings. The molecule has 25 heavy (non-hydrogen) atoms. The van der Waals surface area contributed by atoms with Crippen molar-refractivity contribution in [3.63, 3.8) is 0 Å². The molecule has 10 heteroatoms. The fourth-order valence-corrected chi connectivity index (χ4v) is 2.15. The number of carbonyl (C=O) groups is 1. The molecule has 0 bridgehead atoms. The van der Waals surface area contributed by atoms with E-state index in [1.807, 2.05) is 0 Å². The standard InChI is InChI=1S/C15H12N4O5S/c1-9-5-6-12(19(23)24)8-13(9)16-15(25)17-14(20)10-3-2-4-11(7-10)18(21)22/h2-8H,1H3,(H2,16,17,20,25). The number of rotatable bonds is 4. The van der Waals surface area contributed by atoms with Crippen LogP contribution in [0, 0.1) is 27.2 Å². The predicted octanol–water partition coefficient (Wildman–Crippen LogP) is 2.94. The Kier molecular flexibility index (Phi) is 5.35. The van der Waals surface area contributed by atoms with Gasteiger partial charge in [-0.15, -0.1) is 0 Å². The average molecular weight is 360 g/mol. The lowest BCUT2D eigenvalue weighted by Gasteiger charge is -2.11. The Morgan fingerprint density at radius 1 is 1.04 bits per heavy atom. The van der Waals surface area contributed by atoms with Crippen molar-refractivity contribution in [2.24, 2.45) is 0 Å². The summed E-state index contributed by atoms with van der Waals surface area (Å²) < 4.78 is 0. The number of thiocarbonyl (C=S) groups is 1. The molecule has 0 radical (unpaired) electrons. The van der Waals surface area contributed by atoms with Crippen LogP contribution >= 0.6 is 12.2 Å². The van der Waals surface area contributed by atoms with Crippen LogP contribution in [0.1, 0.15) is 15.9 Å². The van der Waals surface area contributed by atoms with E-state index < -0.39 is 15.8 Å². The van der Waals surface area contributed by atoms with E-state index in [4.69, 9.17) is 12.2 Å². The Hall–Kier alpha value is -3.40. The summed E-state index contributed by atoms with van der Waals surface area (Å²) in [7, 11) is 0. The lowest BCUT2D eigenvalue weighted by molar-refractivity contribution is -0.385. The minimum Gasteiger partial charge on any atom is -0.332 e. The molecule has 0 aromatic heterocycles. The molecular formula is C15H12N4O5S. The fraction of sp³-hybridized carbons (Fsp3) is 0.0667. The average Bonchev–Trinajstić information content (AvgIpc) is 2.56. The van der Waals surface area contributed by atoms with Crippen LogP contribution in [0.25, 0.3) is 0 Å². The first-order valence-corrected chi connectivity index (χ1v) is 7.30. The normalized spacial score (nSPS) is 9.96. The summed E-state index contributed by atoms with van der Waals surface area (Å²) >= 11 is 5.02. The molecule has 0 unspecified atom stereocenters. The van der Waals surface area contributed by atoms with Crippen molar-refractivity contribution in [2.75, 3.05) is 5.32 Å². The van der Waals surface area contributed by atoms with E-state index in [9.17, 15) is 25.0 Å². The third-order valence-corrected chi connectivity index (χ3v) is 3.43. The number of aryl methyl sites for hydroxylation is 1. The highest BCUT2D eigenvalue weighted by Gasteiger charge is 2.14. The molecule has 0 saturated carbocycles. The van der Waals surface area contributed by atoms with E-state index in [0.29, 0.717) is 11.3 Å². The molecule has 128 valence electrons. The molecule has 0 fully saturated rings. The van der Waals surface area contributed by atoms with Gasteiger partial charge in [0.1, 0.15) is 0 Å². The fourth-order valence-electron chi connectivity index (χ4n) is 1.95. The molecule has 2 aromatic carbocycles. The van der Waals surface area contributed by atoms with Crippen LogP contribution in [0.5, 0.6) is 0 Å². The highest BCUT2D eigenvalue weighted by Crippen LogP contribution is 2.21. The van der Waals surface area contributed by atoms with Crippen molar-refractivity contribution in [3.05, 3.63) is 73.8 Å². The lowest BCUT2D eigenvalue weighted by atomic mass is 10.2. The quantitative estimate of drug-likeness (QED) is 0.487. The van der Waals surface area contributed by atoms with Crippen LogP contribution in [-0.2, 0) is 0 Å². The molecule has 0 saturated heterocycles. The topological polar surface area (TPSA) is 127 Å². The maximum atomic E-state index is 12.1. The van der Waals surface area contributed by atoms with Crippen molar-refractivity contribution < 1.29 is 14.6 Å². The van der Waals surface area contributed by atoms with E-state index in [-0.39, 0.29) is 22.1 Å². The number of nitrogens with zero attached hydrogens (tertiary/aromatic N) is 2. The van der Waals surface area contributed by atoms with Gasteiger partial charge >= 0.3 is 0 Å². The van der Waals surface area contributed by atoms with Crippen molar-refractivity contribution in [1.82, 2.24) is 5.32 Å². The predicted molar refractivity (Wildman–Crippen MR) is 94.6 cm³/mol. The van der Waals surface area contributed by atoms with E-state index in [2.05, 4.69) is 10.6 Å². The minimum absolute atomic E-state index is 0.0640. The van der Waals surface area contributed by atoms with Gasteiger partial charge in [0, 0.05) is 35.5 Å². The van der Waals surface area contributed by atoms with Gasteiger partial charge in [-0.05, 0) is 30.8 Å². The summed E-state index contributed by atoms with van der Waals surface area (Å²) in [5.74, 6) is -0.635. The van der Waals surface area contributed by atoms with Crippen LogP contribution in [0.2, 0.25) is 0 Å². The summed E-state index contributed by atoms with van der Waals surface area (Å²) in [5.41, 5.74) is 0.784. The second-order valence-electron chi connectivity index (χ2n) is 4.97. The minimum atomic E-state index is -0.635. The molecule has 2 rings (SSSR count). The van der Waals surface area contributed by atoms with Crippen LogP contribution in [0.4, 0.5) is 17.1 Å². The number of anilines is 1. The molecule has 0 aliphatic heterocycles. The second kappa shape index (κ2) is 7.45. The SMILES string of the molecule is Cc1ccc([N+](=O)[O-])cc1NC(=S)NC(=O)c1cccc([N+](=O)[O-])c1. The first-order valence-electron chi connectivity index (χ1n) is 6.90. The molecule has 9 nitrogen and oxygen atoms in total. The van der Waals surface area contributed by atoms with E-state index in [0.717, 1.165) is 6.07 Å².